The molecule has 0 aliphatic rings. The van der Waals surface area contributed by atoms with E-state index in [0.717, 1.165) is 12.1 Å². The van der Waals surface area contributed by atoms with Crippen LogP contribution in [0, 0.1) is 11.6 Å². The zero-order valence-corrected chi connectivity index (χ0v) is 18.8. The summed E-state index contributed by atoms with van der Waals surface area (Å²) in [4.78, 5) is 30.7. The second-order valence-electron chi connectivity index (χ2n) is 8.18. The third-order valence-electron chi connectivity index (χ3n) is 5.60. The molecule has 1 unspecified atom stereocenters. The molecule has 1 atom stereocenters. The predicted octanol–water partition coefficient (Wildman–Crippen LogP) is 3.45. The van der Waals surface area contributed by atoms with Crippen LogP contribution in [0.15, 0.2) is 85.5 Å². The lowest BCUT2D eigenvalue weighted by molar-refractivity contribution is -0.0129. The molecule has 3 aromatic carbocycles. The standard InChI is InChI=1S/C26H22F2N4O3/c1-31(25(34)20-9-7-19(8-10-20)24(33)18-5-3-2-4-6-18)14-26(35,15-32-17-29-16-30-32)22-12-11-21(27)13-23(22)28/h2-13,16-17,35H,14-15H2,1H3. The smallest absolute Gasteiger partial charge is 0.253 e. The minimum Gasteiger partial charge on any atom is -0.381 e. The first kappa shape index (κ1) is 23.9. The van der Waals surface area contributed by atoms with Crippen LogP contribution in [0.3, 0.4) is 0 Å². The van der Waals surface area contributed by atoms with E-state index in [1.54, 1.807) is 36.4 Å². The number of hydrogen-bond donors (Lipinski definition) is 1. The Morgan fingerprint density at radius 2 is 1.63 bits per heavy atom. The zero-order chi connectivity index (χ0) is 25.0. The highest BCUT2D eigenvalue weighted by Gasteiger charge is 2.36. The van der Waals surface area contributed by atoms with Crippen LogP contribution in [0.2, 0.25) is 0 Å². The monoisotopic (exact) mass is 476 g/mol. The van der Waals surface area contributed by atoms with Gasteiger partial charge in [-0.25, -0.2) is 18.4 Å². The Kier molecular flexibility index (Phi) is 6.79. The van der Waals surface area contributed by atoms with Gasteiger partial charge in [-0.05, 0) is 18.2 Å². The van der Waals surface area contributed by atoms with E-state index in [9.17, 15) is 23.5 Å². The number of aliphatic hydroxyl groups is 1. The summed E-state index contributed by atoms with van der Waals surface area (Å²) in [5.74, 6) is -2.36. The van der Waals surface area contributed by atoms with Gasteiger partial charge in [-0.1, -0.05) is 48.5 Å². The van der Waals surface area contributed by atoms with Crippen LogP contribution >= 0.6 is 0 Å². The summed E-state index contributed by atoms with van der Waals surface area (Å²) in [6, 6.07) is 17.8. The minimum absolute atomic E-state index is 0.174. The first-order valence-electron chi connectivity index (χ1n) is 10.7. The van der Waals surface area contributed by atoms with Gasteiger partial charge in [-0.15, -0.1) is 0 Å². The van der Waals surface area contributed by atoms with E-state index < -0.39 is 23.1 Å². The summed E-state index contributed by atoms with van der Waals surface area (Å²) in [6.07, 6.45) is 2.60. The topological polar surface area (TPSA) is 88.3 Å². The van der Waals surface area contributed by atoms with Crippen LogP contribution in [0.4, 0.5) is 8.78 Å². The maximum atomic E-state index is 14.6. The number of likely N-dealkylation sites (N-methyl/N-ethyl adjacent to an activating group) is 1. The fraction of sp³-hybridized carbons (Fsp3) is 0.154. The fourth-order valence-electron chi connectivity index (χ4n) is 3.87. The zero-order valence-electron chi connectivity index (χ0n) is 18.8. The molecule has 0 fully saturated rings. The van der Waals surface area contributed by atoms with Crippen molar-refractivity contribution in [1.82, 2.24) is 19.7 Å². The van der Waals surface area contributed by atoms with Crippen LogP contribution in [0.25, 0.3) is 0 Å². The van der Waals surface area contributed by atoms with Crippen molar-refractivity contribution in [3.63, 3.8) is 0 Å². The Balaban J connectivity index is 1.56. The first-order chi connectivity index (χ1) is 16.8. The van der Waals surface area contributed by atoms with Crippen molar-refractivity contribution in [2.75, 3.05) is 13.6 Å². The molecular weight excluding hydrogens is 454 g/mol. The Labute approximate surface area is 200 Å². The quantitative estimate of drug-likeness (QED) is 0.394. The molecular formula is C26H22F2N4O3. The second-order valence-corrected chi connectivity index (χ2v) is 8.18. The van der Waals surface area contributed by atoms with Crippen molar-refractivity contribution >= 4 is 11.7 Å². The van der Waals surface area contributed by atoms with Gasteiger partial charge in [0.1, 0.15) is 29.9 Å². The van der Waals surface area contributed by atoms with Crippen molar-refractivity contribution in [2.24, 2.45) is 0 Å². The van der Waals surface area contributed by atoms with Crippen molar-refractivity contribution in [1.29, 1.82) is 0 Å². The van der Waals surface area contributed by atoms with E-state index >= 15 is 0 Å². The van der Waals surface area contributed by atoms with Gasteiger partial charge in [0.2, 0.25) is 0 Å². The van der Waals surface area contributed by atoms with E-state index in [2.05, 4.69) is 10.1 Å². The van der Waals surface area contributed by atoms with E-state index in [0.29, 0.717) is 17.2 Å². The molecule has 178 valence electrons. The van der Waals surface area contributed by atoms with Crippen LogP contribution in [-0.4, -0.2) is 50.1 Å². The molecule has 0 radical (unpaired) electrons. The summed E-state index contributed by atoms with van der Waals surface area (Å²) in [5.41, 5.74) is -0.883. The van der Waals surface area contributed by atoms with E-state index in [1.807, 2.05) is 6.07 Å². The predicted molar refractivity (Wildman–Crippen MR) is 124 cm³/mol. The molecule has 7 nitrogen and oxygen atoms in total. The number of aromatic nitrogens is 3. The van der Waals surface area contributed by atoms with Crippen LogP contribution in [-0.2, 0) is 12.1 Å². The van der Waals surface area contributed by atoms with Gasteiger partial charge in [-0.2, -0.15) is 5.10 Å². The maximum absolute atomic E-state index is 14.6. The Hall–Kier alpha value is -4.24. The summed E-state index contributed by atoms with van der Waals surface area (Å²) in [7, 11) is 1.46. The second kappa shape index (κ2) is 9.94. The Bertz CT molecular complexity index is 1330. The summed E-state index contributed by atoms with van der Waals surface area (Å²) in [6.45, 7) is -0.545. The third kappa shape index (κ3) is 5.30. The Morgan fingerprint density at radius 1 is 0.971 bits per heavy atom. The minimum atomic E-state index is -1.93. The molecule has 9 heteroatoms. The number of halogens is 2. The number of carbonyl (C=O) groups is 2. The molecule has 35 heavy (non-hydrogen) atoms. The van der Waals surface area contributed by atoms with E-state index in [1.165, 1.54) is 41.4 Å². The fourth-order valence-corrected chi connectivity index (χ4v) is 3.87. The maximum Gasteiger partial charge on any atom is 0.253 e. The lowest BCUT2D eigenvalue weighted by atomic mass is 9.92. The average molecular weight is 476 g/mol. The SMILES string of the molecule is CN(CC(O)(Cn1cncn1)c1ccc(F)cc1F)C(=O)c1ccc(C(=O)c2ccccc2)cc1. The molecule has 0 saturated heterocycles. The van der Waals surface area contributed by atoms with Crippen molar-refractivity contribution in [3.8, 4) is 0 Å². The number of hydrogen-bond acceptors (Lipinski definition) is 5. The number of nitrogens with zero attached hydrogens (tertiary/aromatic N) is 4. The Morgan fingerprint density at radius 3 is 2.26 bits per heavy atom. The molecule has 0 spiro atoms. The van der Waals surface area contributed by atoms with E-state index in [-0.39, 0.29) is 30.0 Å². The highest BCUT2D eigenvalue weighted by atomic mass is 19.1. The van der Waals surface area contributed by atoms with Crippen molar-refractivity contribution < 1.29 is 23.5 Å². The molecule has 1 heterocycles. The van der Waals surface area contributed by atoms with Gasteiger partial charge < -0.3 is 10.0 Å². The molecule has 0 aliphatic carbocycles. The van der Waals surface area contributed by atoms with Gasteiger partial charge in [0, 0.05) is 35.4 Å². The number of rotatable bonds is 8. The molecule has 0 saturated carbocycles. The van der Waals surface area contributed by atoms with Crippen molar-refractivity contribution in [2.45, 2.75) is 12.1 Å². The van der Waals surface area contributed by atoms with Gasteiger partial charge in [0.15, 0.2) is 5.78 Å². The van der Waals surface area contributed by atoms with Gasteiger partial charge in [0.25, 0.3) is 5.91 Å². The van der Waals surface area contributed by atoms with Gasteiger partial charge >= 0.3 is 0 Å². The molecule has 1 N–H and O–H groups in total. The lowest BCUT2D eigenvalue weighted by Gasteiger charge is -2.33. The summed E-state index contributed by atoms with van der Waals surface area (Å²) in [5, 5.41) is 15.4. The number of carbonyl (C=O) groups excluding carboxylic acids is 2. The molecule has 4 aromatic rings. The van der Waals surface area contributed by atoms with Crippen LogP contribution < -0.4 is 0 Å². The largest absolute Gasteiger partial charge is 0.381 e. The lowest BCUT2D eigenvalue weighted by Crippen LogP contribution is -2.45. The number of benzene rings is 3. The van der Waals surface area contributed by atoms with E-state index in [4.69, 9.17) is 0 Å². The molecule has 0 aliphatic heterocycles. The molecule has 1 amide bonds. The van der Waals surface area contributed by atoms with Crippen molar-refractivity contribution in [3.05, 3.63) is 119 Å². The average Bonchev–Trinajstić information content (AvgIpc) is 3.36. The first-order valence-corrected chi connectivity index (χ1v) is 10.7. The number of ketones is 1. The summed E-state index contributed by atoms with van der Waals surface area (Å²) >= 11 is 0. The molecule has 1 aromatic heterocycles. The highest BCUT2D eigenvalue weighted by Crippen LogP contribution is 2.28. The highest BCUT2D eigenvalue weighted by molar-refractivity contribution is 6.09. The molecule has 4 rings (SSSR count). The number of amides is 1. The summed E-state index contributed by atoms with van der Waals surface area (Å²) < 4.78 is 29.4. The third-order valence-corrected chi connectivity index (χ3v) is 5.60. The van der Waals surface area contributed by atoms with Crippen LogP contribution in [0.1, 0.15) is 31.8 Å². The van der Waals surface area contributed by atoms with Gasteiger partial charge in [-0.3, -0.25) is 9.59 Å². The normalized spacial score (nSPS) is 12.7. The van der Waals surface area contributed by atoms with Crippen LogP contribution in [0.5, 0.6) is 0 Å². The molecule has 0 bridgehead atoms. The van der Waals surface area contributed by atoms with Gasteiger partial charge in [0.05, 0.1) is 13.1 Å².